The molecule has 9 nitrogen and oxygen atoms in total. The summed E-state index contributed by atoms with van der Waals surface area (Å²) in [6.45, 7) is 2.22. The van der Waals surface area contributed by atoms with Gasteiger partial charge in [0, 0.05) is 32.6 Å². The monoisotopic (exact) mass is 489 g/mol. The number of rotatable bonds is 8. The molecule has 3 rings (SSSR count). The first-order valence-electron chi connectivity index (χ1n) is 9.06. The minimum atomic E-state index is -3.34. The summed E-state index contributed by atoms with van der Waals surface area (Å²) in [5.41, 5.74) is 1.56. The van der Waals surface area contributed by atoms with E-state index in [0.717, 1.165) is 0 Å². The number of hydrogen-bond acceptors (Lipinski definition) is 8. The first-order chi connectivity index (χ1) is 13.9. The van der Waals surface area contributed by atoms with Gasteiger partial charge in [0.05, 0.1) is 10.2 Å². The second-order valence-electron chi connectivity index (χ2n) is 6.60. The summed E-state index contributed by atoms with van der Waals surface area (Å²) in [4.78, 5) is 0. The van der Waals surface area contributed by atoms with E-state index in [1.54, 1.807) is 12.1 Å². The largest absolute Gasteiger partial charge is 0.411 e. The molecule has 1 fully saturated rings. The molecule has 1 aromatic carbocycles. The Labute approximate surface area is 176 Å². The summed E-state index contributed by atoms with van der Waals surface area (Å²) in [5, 5.41) is 23.4. The van der Waals surface area contributed by atoms with Gasteiger partial charge in [-0.1, -0.05) is 16.4 Å². The molecular weight excluding hydrogens is 469 g/mol. The van der Waals surface area contributed by atoms with Gasteiger partial charge in [-0.3, -0.25) is 0 Å². The summed E-state index contributed by atoms with van der Waals surface area (Å²) in [5.74, 6) is -0.416. The molecule has 1 aromatic heterocycles. The fourth-order valence-corrected chi connectivity index (χ4v) is 5.01. The highest BCUT2D eigenvalue weighted by Gasteiger charge is 2.24. The van der Waals surface area contributed by atoms with Gasteiger partial charge in [-0.2, -0.15) is 4.31 Å². The van der Waals surface area contributed by atoms with Crippen molar-refractivity contribution in [3.05, 3.63) is 45.4 Å². The quantitative estimate of drug-likeness (QED) is 0.327. The van der Waals surface area contributed by atoms with Crippen LogP contribution in [0.1, 0.15) is 23.4 Å². The minimum absolute atomic E-state index is 0.0180. The van der Waals surface area contributed by atoms with Gasteiger partial charge in [-0.05, 0) is 51.6 Å². The van der Waals surface area contributed by atoms with E-state index >= 15 is 0 Å². The molecule has 0 saturated carbocycles. The van der Waals surface area contributed by atoms with E-state index in [1.165, 1.54) is 10.4 Å². The number of hydrogen-bond donors (Lipinski definition) is 2. The van der Waals surface area contributed by atoms with E-state index in [1.807, 2.05) is 0 Å². The van der Waals surface area contributed by atoms with Crippen LogP contribution in [-0.2, 0) is 22.9 Å². The molecule has 0 spiro atoms. The SMILES string of the molecule is O=S(=O)(CCCc1nonc1/C(Cc1ccc(F)c(Br)c1)=N/O)N1CCNCC1. The number of nitrogens with one attached hydrogen (secondary N) is 1. The number of halogens is 2. The van der Waals surface area contributed by atoms with Crippen molar-refractivity contribution in [3.8, 4) is 0 Å². The lowest BCUT2D eigenvalue weighted by Gasteiger charge is -2.26. The van der Waals surface area contributed by atoms with E-state index in [2.05, 4.69) is 36.7 Å². The van der Waals surface area contributed by atoms with Crippen molar-refractivity contribution in [3.63, 3.8) is 0 Å². The molecule has 2 aromatic rings. The first-order valence-corrected chi connectivity index (χ1v) is 11.5. The van der Waals surface area contributed by atoms with Crippen molar-refractivity contribution in [2.45, 2.75) is 19.3 Å². The third kappa shape index (κ3) is 5.59. The van der Waals surface area contributed by atoms with Gasteiger partial charge in [0.15, 0.2) is 5.69 Å². The Kier molecular flexibility index (Phi) is 7.33. The molecule has 158 valence electrons. The predicted octanol–water partition coefficient (Wildman–Crippen LogP) is 1.56. The molecule has 0 amide bonds. The summed E-state index contributed by atoms with van der Waals surface area (Å²) >= 11 is 3.12. The Bertz CT molecular complexity index is 976. The minimum Gasteiger partial charge on any atom is -0.411 e. The summed E-state index contributed by atoms with van der Waals surface area (Å²) < 4.78 is 44.8. The Balaban J connectivity index is 1.64. The van der Waals surface area contributed by atoms with Crippen LogP contribution in [0.3, 0.4) is 0 Å². The fourth-order valence-electron chi connectivity index (χ4n) is 3.07. The molecule has 0 atom stereocenters. The smallest absolute Gasteiger partial charge is 0.214 e. The van der Waals surface area contributed by atoms with Crippen LogP contribution in [-0.4, -0.2) is 65.9 Å². The molecule has 2 N–H and O–H groups in total. The third-order valence-electron chi connectivity index (χ3n) is 4.59. The number of sulfonamides is 1. The van der Waals surface area contributed by atoms with Crippen molar-refractivity contribution in [1.82, 2.24) is 19.9 Å². The highest BCUT2D eigenvalue weighted by Crippen LogP contribution is 2.19. The number of nitrogens with zero attached hydrogens (tertiary/aromatic N) is 4. The van der Waals surface area contributed by atoms with Gasteiger partial charge in [0.25, 0.3) is 0 Å². The number of aryl methyl sites for hydroxylation is 1. The van der Waals surface area contributed by atoms with Crippen LogP contribution < -0.4 is 5.32 Å². The molecule has 29 heavy (non-hydrogen) atoms. The van der Waals surface area contributed by atoms with Crippen LogP contribution in [0.5, 0.6) is 0 Å². The lowest BCUT2D eigenvalue weighted by molar-refractivity contribution is 0.300. The zero-order valence-corrected chi connectivity index (χ0v) is 17.9. The number of benzene rings is 1. The molecule has 2 heterocycles. The predicted molar refractivity (Wildman–Crippen MR) is 107 cm³/mol. The van der Waals surface area contributed by atoms with Gasteiger partial charge < -0.3 is 10.5 Å². The number of oxime groups is 1. The van der Waals surface area contributed by atoms with E-state index in [-0.39, 0.29) is 23.6 Å². The molecule has 0 bridgehead atoms. The lowest BCUT2D eigenvalue weighted by atomic mass is 10.0. The normalized spacial score (nSPS) is 16.3. The summed E-state index contributed by atoms with van der Waals surface area (Å²) in [6.07, 6.45) is 0.806. The van der Waals surface area contributed by atoms with Gasteiger partial charge in [0.1, 0.15) is 17.2 Å². The molecule has 1 aliphatic rings. The number of piperazine rings is 1. The van der Waals surface area contributed by atoms with Crippen molar-refractivity contribution >= 4 is 31.7 Å². The van der Waals surface area contributed by atoms with Crippen LogP contribution >= 0.6 is 15.9 Å². The van der Waals surface area contributed by atoms with Crippen LogP contribution in [0.4, 0.5) is 4.39 Å². The van der Waals surface area contributed by atoms with Crippen molar-refractivity contribution in [1.29, 1.82) is 0 Å². The Hall–Kier alpha value is -1.89. The van der Waals surface area contributed by atoms with Crippen LogP contribution in [0.15, 0.2) is 32.5 Å². The van der Waals surface area contributed by atoms with Gasteiger partial charge in [0.2, 0.25) is 10.0 Å². The Morgan fingerprint density at radius 2 is 2.10 bits per heavy atom. The molecule has 12 heteroatoms. The molecule has 0 radical (unpaired) electrons. The van der Waals surface area contributed by atoms with Crippen LogP contribution in [0.25, 0.3) is 0 Å². The van der Waals surface area contributed by atoms with Crippen molar-refractivity contribution in [2.24, 2.45) is 5.16 Å². The molecule has 1 aliphatic heterocycles. The van der Waals surface area contributed by atoms with E-state index in [9.17, 15) is 18.0 Å². The summed E-state index contributed by atoms with van der Waals surface area (Å²) in [7, 11) is -3.34. The maximum Gasteiger partial charge on any atom is 0.214 e. The average molecular weight is 490 g/mol. The maximum atomic E-state index is 13.4. The second kappa shape index (κ2) is 9.74. The van der Waals surface area contributed by atoms with Gasteiger partial charge >= 0.3 is 0 Å². The molecule has 0 aliphatic carbocycles. The lowest BCUT2D eigenvalue weighted by Crippen LogP contribution is -2.47. The van der Waals surface area contributed by atoms with Crippen LogP contribution in [0.2, 0.25) is 0 Å². The number of aromatic nitrogens is 2. The van der Waals surface area contributed by atoms with Gasteiger partial charge in [-0.25, -0.2) is 17.4 Å². The van der Waals surface area contributed by atoms with Gasteiger partial charge in [-0.15, -0.1) is 0 Å². The van der Waals surface area contributed by atoms with Crippen LogP contribution in [0, 0.1) is 5.82 Å². The zero-order valence-electron chi connectivity index (χ0n) is 15.5. The molecule has 0 unspecified atom stereocenters. The van der Waals surface area contributed by atoms with Crippen molar-refractivity contribution in [2.75, 3.05) is 31.9 Å². The average Bonchev–Trinajstić information content (AvgIpc) is 3.17. The maximum absolute atomic E-state index is 13.4. The first kappa shape index (κ1) is 21.8. The highest BCUT2D eigenvalue weighted by molar-refractivity contribution is 9.10. The zero-order chi connectivity index (χ0) is 20.9. The standard InChI is InChI=1S/C17H21BrFN5O4S/c18-13-10-12(3-4-14(13)19)11-16(21-25)17-15(22-28-23-17)2-1-9-29(26,27)24-7-5-20-6-8-24/h3-4,10,20,25H,1-2,5-9,11H2/b21-16+. The van der Waals surface area contributed by atoms with Crippen molar-refractivity contribution < 1.29 is 22.6 Å². The van der Waals surface area contributed by atoms with E-state index in [0.29, 0.717) is 54.8 Å². The van der Waals surface area contributed by atoms with E-state index in [4.69, 9.17) is 4.63 Å². The summed E-state index contributed by atoms with van der Waals surface area (Å²) in [6, 6.07) is 4.45. The topological polar surface area (TPSA) is 121 Å². The van der Waals surface area contributed by atoms with E-state index < -0.39 is 15.8 Å². The molecular formula is C17H21BrFN5O4S. The Morgan fingerprint density at radius 3 is 2.79 bits per heavy atom. The molecule has 1 saturated heterocycles. The third-order valence-corrected chi connectivity index (χ3v) is 7.16. The fraction of sp³-hybridized carbons (Fsp3) is 0.471. The highest BCUT2D eigenvalue weighted by atomic mass is 79.9. The Morgan fingerprint density at radius 1 is 1.34 bits per heavy atom. The second-order valence-corrected chi connectivity index (χ2v) is 9.54.